The van der Waals surface area contributed by atoms with Crippen molar-refractivity contribution < 1.29 is 26.7 Å². The number of pyridine rings is 1. The summed E-state index contributed by atoms with van der Waals surface area (Å²) >= 11 is 0. The summed E-state index contributed by atoms with van der Waals surface area (Å²) in [5.41, 5.74) is 0.962. The number of fused-ring (bicyclic) bond motifs is 1. The van der Waals surface area contributed by atoms with Crippen molar-refractivity contribution in [2.24, 2.45) is 0 Å². The number of anilines is 1. The van der Waals surface area contributed by atoms with Crippen molar-refractivity contribution >= 4 is 22.8 Å². The molecule has 0 aliphatic heterocycles. The molecule has 4 rings (SSSR count). The molecule has 1 N–H and O–H groups in total. The zero-order valence-corrected chi connectivity index (χ0v) is 15.6. The highest BCUT2D eigenvalue weighted by atomic mass is 19.4. The van der Waals surface area contributed by atoms with Gasteiger partial charge in [0.25, 0.3) is 5.91 Å². The number of alkyl halides is 3. The molecule has 2 aromatic heterocycles. The van der Waals surface area contributed by atoms with E-state index in [0.717, 1.165) is 16.7 Å². The highest BCUT2D eigenvalue weighted by molar-refractivity contribution is 6.04. The van der Waals surface area contributed by atoms with E-state index in [4.69, 9.17) is 0 Å². The number of hydrogen-bond acceptors (Lipinski definition) is 3. The van der Waals surface area contributed by atoms with Crippen LogP contribution in [-0.4, -0.2) is 20.4 Å². The number of halogens is 5. The van der Waals surface area contributed by atoms with Gasteiger partial charge in [0.15, 0.2) is 17.3 Å². The lowest BCUT2D eigenvalue weighted by atomic mass is 10.1. The van der Waals surface area contributed by atoms with Crippen molar-refractivity contribution in [1.82, 2.24) is 14.5 Å². The van der Waals surface area contributed by atoms with Crippen LogP contribution in [0.1, 0.15) is 21.7 Å². The van der Waals surface area contributed by atoms with Gasteiger partial charge in [-0.05, 0) is 42.0 Å². The smallest absolute Gasteiger partial charge is 0.322 e. The number of nitrogens with one attached hydrogen (secondary N) is 1. The summed E-state index contributed by atoms with van der Waals surface area (Å²) in [5, 5.41) is 2.42. The summed E-state index contributed by atoms with van der Waals surface area (Å²) in [7, 11) is 0. The summed E-state index contributed by atoms with van der Waals surface area (Å²) in [4.78, 5) is 19.9. The van der Waals surface area contributed by atoms with Crippen molar-refractivity contribution in [1.29, 1.82) is 0 Å². The van der Waals surface area contributed by atoms with Crippen molar-refractivity contribution in [3.63, 3.8) is 0 Å². The zero-order valence-electron chi connectivity index (χ0n) is 15.6. The topological polar surface area (TPSA) is 59.8 Å². The van der Waals surface area contributed by atoms with Crippen LogP contribution in [0, 0.1) is 11.6 Å². The van der Waals surface area contributed by atoms with Crippen LogP contribution in [-0.2, 0) is 12.7 Å². The summed E-state index contributed by atoms with van der Waals surface area (Å²) < 4.78 is 67.4. The van der Waals surface area contributed by atoms with Gasteiger partial charge in [-0.3, -0.25) is 4.79 Å². The third-order valence-electron chi connectivity index (χ3n) is 4.49. The Hall–Kier alpha value is -3.82. The van der Waals surface area contributed by atoms with E-state index < -0.39 is 29.5 Å². The highest BCUT2D eigenvalue weighted by Crippen LogP contribution is 2.31. The third-order valence-corrected chi connectivity index (χ3v) is 4.49. The molecule has 0 unspecified atom stereocenters. The summed E-state index contributed by atoms with van der Waals surface area (Å²) in [6, 6.07) is 11.7. The lowest BCUT2D eigenvalue weighted by molar-refractivity contribution is -0.146. The summed E-state index contributed by atoms with van der Waals surface area (Å²) in [5.74, 6) is -3.79. The van der Waals surface area contributed by atoms with Crippen molar-refractivity contribution in [3.05, 3.63) is 89.4 Å². The first-order valence-corrected chi connectivity index (χ1v) is 8.96. The van der Waals surface area contributed by atoms with Crippen LogP contribution in [0.25, 0.3) is 11.2 Å². The van der Waals surface area contributed by atoms with E-state index in [1.807, 2.05) is 0 Å². The molecule has 0 aliphatic carbocycles. The number of carbonyl (C=O) groups excluding carboxylic acids is 1. The fourth-order valence-corrected chi connectivity index (χ4v) is 3.05. The van der Waals surface area contributed by atoms with Gasteiger partial charge in [0.2, 0.25) is 5.82 Å². The third kappa shape index (κ3) is 4.23. The van der Waals surface area contributed by atoms with Gasteiger partial charge in [-0.1, -0.05) is 12.1 Å². The summed E-state index contributed by atoms with van der Waals surface area (Å²) in [6.07, 6.45) is -3.28. The van der Waals surface area contributed by atoms with Crippen molar-refractivity contribution in [2.75, 3.05) is 5.32 Å². The molecule has 31 heavy (non-hydrogen) atoms. The second-order valence-corrected chi connectivity index (χ2v) is 6.65. The molecule has 0 saturated heterocycles. The molecule has 2 aromatic carbocycles. The van der Waals surface area contributed by atoms with Gasteiger partial charge in [0.1, 0.15) is 5.52 Å². The molecule has 0 aliphatic rings. The number of imidazole rings is 1. The number of rotatable bonds is 4. The molecule has 0 bridgehead atoms. The first-order valence-electron chi connectivity index (χ1n) is 8.96. The Labute approximate surface area is 172 Å². The van der Waals surface area contributed by atoms with Crippen LogP contribution in [0.3, 0.4) is 0 Å². The molecule has 158 valence electrons. The predicted molar refractivity (Wildman–Crippen MR) is 102 cm³/mol. The van der Waals surface area contributed by atoms with Crippen LogP contribution < -0.4 is 5.32 Å². The lowest BCUT2D eigenvalue weighted by Gasteiger charge is -2.11. The molecule has 1 amide bonds. The van der Waals surface area contributed by atoms with Crippen molar-refractivity contribution in [3.8, 4) is 0 Å². The fourth-order valence-electron chi connectivity index (χ4n) is 3.05. The standard InChI is InChI=1S/C21H13F5N4O/c22-15-8-7-14(10-16(15)23)28-19(31)13-5-3-12(4-6-13)11-30-18-17(2-1-9-27-18)29-20(30)21(24,25)26/h1-10H,11H2,(H,28,31). The minimum absolute atomic E-state index is 0.0683. The van der Waals surface area contributed by atoms with E-state index in [1.165, 1.54) is 48.7 Å². The van der Waals surface area contributed by atoms with Crippen LogP contribution in [0.4, 0.5) is 27.6 Å². The lowest BCUT2D eigenvalue weighted by Crippen LogP contribution is -2.16. The second-order valence-electron chi connectivity index (χ2n) is 6.65. The molecule has 0 radical (unpaired) electrons. The maximum absolute atomic E-state index is 13.4. The van der Waals surface area contributed by atoms with Crippen LogP contribution in [0.2, 0.25) is 0 Å². The molecule has 10 heteroatoms. The minimum atomic E-state index is -4.66. The van der Waals surface area contributed by atoms with Gasteiger partial charge in [0, 0.05) is 23.5 Å². The van der Waals surface area contributed by atoms with E-state index in [2.05, 4.69) is 15.3 Å². The average molecular weight is 432 g/mol. The van der Waals surface area contributed by atoms with Crippen LogP contribution in [0.15, 0.2) is 60.8 Å². The van der Waals surface area contributed by atoms with Crippen molar-refractivity contribution in [2.45, 2.75) is 12.7 Å². The Morgan fingerprint density at radius 2 is 1.74 bits per heavy atom. The Bertz CT molecular complexity index is 1270. The number of carbonyl (C=O) groups is 1. The quantitative estimate of drug-likeness (QED) is 0.461. The summed E-state index contributed by atoms with van der Waals surface area (Å²) in [6.45, 7) is -0.159. The van der Waals surface area contributed by atoms with E-state index in [9.17, 15) is 26.7 Å². The molecule has 5 nitrogen and oxygen atoms in total. The van der Waals surface area contributed by atoms with Gasteiger partial charge in [-0.2, -0.15) is 13.2 Å². The molecule has 2 heterocycles. The van der Waals surface area contributed by atoms with Gasteiger partial charge >= 0.3 is 6.18 Å². The molecule has 0 atom stereocenters. The molecule has 0 fully saturated rings. The Morgan fingerprint density at radius 1 is 1.00 bits per heavy atom. The molecular weight excluding hydrogens is 419 g/mol. The van der Waals surface area contributed by atoms with Gasteiger partial charge < -0.3 is 9.88 Å². The molecule has 0 saturated carbocycles. The van der Waals surface area contributed by atoms with E-state index in [0.29, 0.717) is 5.56 Å². The largest absolute Gasteiger partial charge is 0.449 e. The fraction of sp³-hybridized carbons (Fsp3) is 0.0952. The SMILES string of the molecule is O=C(Nc1ccc(F)c(F)c1)c1ccc(Cn2c(C(F)(F)F)nc3cccnc32)cc1. The maximum Gasteiger partial charge on any atom is 0.449 e. The van der Waals surface area contributed by atoms with Gasteiger partial charge in [-0.25, -0.2) is 18.7 Å². The minimum Gasteiger partial charge on any atom is -0.322 e. The van der Waals surface area contributed by atoms with Crippen LogP contribution in [0.5, 0.6) is 0 Å². The normalized spacial score (nSPS) is 11.6. The Morgan fingerprint density at radius 3 is 2.42 bits per heavy atom. The van der Waals surface area contributed by atoms with E-state index in [-0.39, 0.29) is 29.0 Å². The maximum atomic E-state index is 13.4. The van der Waals surface area contributed by atoms with Gasteiger partial charge in [-0.15, -0.1) is 0 Å². The highest BCUT2D eigenvalue weighted by Gasteiger charge is 2.37. The van der Waals surface area contributed by atoms with E-state index >= 15 is 0 Å². The molecule has 0 spiro atoms. The van der Waals surface area contributed by atoms with E-state index in [1.54, 1.807) is 0 Å². The second kappa shape index (κ2) is 7.78. The van der Waals surface area contributed by atoms with Crippen LogP contribution >= 0.6 is 0 Å². The number of nitrogens with zero attached hydrogens (tertiary/aromatic N) is 3. The molecular formula is C21H13F5N4O. The predicted octanol–water partition coefficient (Wildman–Crippen LogP) is 5.03. The Kier molecular flexibility index (Phi) is 5.14. The zero-order chi connectivity index (χ0) is 22.2. The number of hydrogen-bond donors (Lipinski definition) is 1. The Balaban J connectivity index is 1.56. The first-order chi connectivity index (χ1) is 14.7. The number of aromatic nitrogens is 3. The first kappa shape index (κ1) is 20.5. The molecule has 4 aromatic rings. The number of amides is 1. The monoisotopic (exact) mass is 432 g/mol. The van der Waals surface area contributed by atoms with Gasteiger partial charge in [0.05, 0.1) is 6.54 Å². The number of benzene rings is 2. The average Bonchev–Trinajstić information content (AvgIpc) is 3.10.